The fraction of sp³-hybridized carbons (Fsp3) is 0.200. The number of carbonyl (C=O) groups excluding carboxylic acids is 1. The van der Waals surface area contributed by atoms with E-state index >= 15 is 0 Å². The van der Waals surface area contributed by atoms with Crippen LogP contribution in [0.25, 0.3) is 5.57 Å². The van der Waals surface area contributed by atoms with Gasteiger partial charge in [0.25, 0.3) is 0 Å². The zero-order valence-electron chi connectivity index (χ0n) is 10.5. The van der Waals surface area contributed by atoms with E-state index in [1.54, 1.807) is 18.2 Å². The van der Waals surface area contributed by atoms with Gasteiger partial charge >= 0.3 is 0 Å². The van der Waals surface area contributed by atoms with Gasteiger partial charge in [0.2, 0.25) is 0 Å². The van der Waals surface area contributed by atoms with Gasteiger partial charge in [-0.1, -0.05) is 19.6 Å². The summed E-state index contributed by atoms with van der Waals surface area (Å²) in [4.78, 5) is 11.3. The van der Waals surface area contributed by atoms with Gasteiger partial charge < -0.3 is 0 Å². The summed E-state index contributed by atoms with van der Waals surface area (Å²) < 4.78 is 13.4. The lowest BCUT2D eigenvalue weighted by Crippen LogP contribution is -1.96. The Labute approximate surface area is 106 Å². The van der Waals surface area contributed by atoms with Gasteiger partial charge in [0.05, 0.1) is 5.56 Å². The lowest BCUT2D eigenvalue weighted by atomic mass is 10.0. The molecule has 0 N–H and O–H groups in total. The topological polar surface area (TPSA) is 40.9 Å². The highest BCUT2D eigenvalue weighted by Crippen LogP contribution is 2.19. The van der Waals surface area contributed by atoms with E-state index in [0.29, 0.717) is 23.1 Å². The summed E-state index contributed by atoms with van der Waals surface area (Å²) in [5.41, 5.74) is 1.77. The van der Waals surface area contributed by atoms with Crippen molar-refractivity contribution in [2.45, 2.75) is 20.3 Å². The number of ketones is 1. The lowest BCUT2D eigenvalue weighted by molar-refractivity contribution is -0.113. The summed E-state index contributed by atoms with van der Waals surface area (Å²) in [5.74, 6) is -0.599. The molecule has 0 spiro atoms. The molecule has 0 unspecified atom stereocenters. The Hall–Kier alpha value is -2.21. The number of benzene rings is 1. The molecule has 0 aliphatic rings. The summed E-state index contributed by atoms with van der Waals surface area (Å²) in [6, 6.07) is 6.04. The standard InChI is InChI=1S/C15H14FNO/c1-4-12(11(3)18)7-10(2)13-5-6-14(9-17)15(16)8-13/h5-8H,2,4H2,1,3H3/b12-7+. The Bertz CT molecular complexity index is 564. The third-order valence-electron chi connectivity index (χ3n) is 2.64. The zero-order valence-corrected chi connectivity index (χ0v) is 10.5. The molecule has 0 aromatic heterocycles. The van der Waals surface area contributed by atoms with Gasteiger partial charge in [-0.2, -0.15) is 5.26 Å². The Kier molecular flexibility index (Phi) is 4.56. The summed E-state index contributed by atoms with van der Waals surface area (Å²) >= 11 is 0. The van der Waals surface area contributed by atoms with E-state index in [1.807, 2.05) is 6.92 Å². The molecular formula is C15H14FNO. The molecule has 18 heavy (non-hydrogen) atoms. The van der Waals surface area contributed by atoms with Crippen molar-refractivity contribution in [3.63, 3.8) is 0 Å². The number of rotatable bonds is 4. The van der Waals surface area contributed by atoms with Crippen molar-refractivity contribution in [3.05, 3.63) is 53.4 Å². The summed E-state index contributed by atoms with van der Waals surface area (Å²) in [7, 11) is 0. The van der Waals surface area contributed by atoms with Crippen LogP contribution < -0.4 is 0 Å². The van der Waals surface area contributed by atoms with Crippen molar-refractivity contribution < 1.29 is 9.18 Å². The number of Topliss-reactive ketones (excluding diaryl/α,β-unsaturated/α-hetero) is 1. The van der Waals surface area contributed by atoms with Crippen LogP contribution >= 0.6 is 0 Å². The first-order chi connectivity index (χ1) is 8.49. The average Bonchev–Trinajstić information content (AvgIpc) is 2.35. The van der Waals surface area contributed by atoms with Gasteiger partial charge in [-0.05, 0) is 48.3 Å². The molecule has 0 radical (unpaired) electrons. The van der Waals surface area contributed by atoms with Crippen molar-refractivity contribution >= 4 is 11.4 Å². The molecule has 0 heterocycles. The van der Waals surface area contributed by atoms with Crippen LogP contribution in [-0.4, -0.2) is 5.78 Å². The van der Waals surface area contributed by atoms with E-state index in [9.17, 15) is 9.18 Å². The van der Waals surface area contributed by atoms with Gasteiger partial charge in [-0.15, -0.1) is 0 Å². The smallest absolute Gasteiger partial charge is 0.155 e. The van der Waals surface area contributed by atoms with Crippen LogP contribution in [0.4, 0.5) is 4.39 Å². The van der Waals surface area contributed by atoms with Gasteiger partial charge in [0.15, 0.2) is 5.78 Å². The molecule has 0 aliphatic heterocycles. The van der Waals surface area contributed by atoms with Gasteiger partial charge in [0, 0.05) is 0 Å². The van der Waals surface area contributed by atoms with E-state index in [2.05, 4.69) is 6.58 Å². The van der Waals surface area contributed by atoms with Crippen LogP contribution in [-0.2, 0) is 4.79 Å². The van der Waals surface area contributed by atoms with Crippen LogP contribution in [0.15, 0.2) is 36.4 Å². The zero-order chi connectivity index (χ0) is 13.7. The second-order valence-electron chi connectivity index (χ2n) is 3.91. The lowest BCUT2D eigenvalue weighted by Gasteiger charge is -2.04. The SMILES string of the molecule is C=C(/C=C(\CC)C(C)=O)c1ccc(C#N)c(F)c1. The molecule has 0 saturated carbocycles. The molecule has 92 valence electrons. The number of nitriles is 1. The maximum absolute atomic E-state index is 13.4. The van der Waals surface area contributed by atoms with E-state index in [0.717, 1.165) is 0 Å². The third kappa shape index (κ3) is 3.14. The Morgan fingerprint density at radius 1 is 1.56 bits per heavy atom. The molecule has 3 heteroatoms. The molecule has 0 amide bonds. The first-order valence-corrected chi connectivity index (χ1v) is 5.60. The normalized spacial score (nSPS) is 10.9. The highest BCUT2D eigenvalue weighted by molar-refractivity contribution is 5.96. The quantitative estimate of drug-likeness (QED) is 0.598. The number of allylic oxidation sites excluding steroid dienone is 3. The number of hydrogen-bond donors (Lipinski definition) is 0. The fourth-order valence-corrected chi connectivity index (χ4v) is 1.55. The Balaban J connectivity index is 3.09. The van der Waals surface area contributed by atoms with E-state index in [-0.39, 0.29) is 11.3 Å². The fourth-order valence-electron chi connectivity index (χ4n) is 1.55. The number of nitrogens with zero attached hydrogens (tertiary/aromatic N) is 1. The number of carbonyl (C=O) groups is 1. The van der Waals surface area contributed by atoms with Crippen molar-refractivity contribution in [2.24, 2.45) is 0 Å². The summed E-state index contributed by atoms with van der Waals surface area (Å²) in [6.07, 6.45) is 2.26. The number of halogens is 1. The molecule has 0 fully saturated rings. The molecule has 2 nitrogen and oxygen atoms in total. The van der Waals surface area contributed by atoms with Crippen LogP contribution in [0.5, 0.6) is 0 Å². The largest absolute Gasteiger partial charge is 0.295 e. The third-order valence-corrected chi connectivity index (χ3v) is 2.64. The van der Waals surface area contributed by atoms with E-state index in [4.69, 9.17) is 5.26 Å². The second kappa shape index (κ2) is 5.92. The molecule has 0 aliphatic carbocycles. The van der Waals surface area contributed by atoms with Crippen molar-refractivity contribution in [3.8, 4) is 6.07 Å². The minimum Gasteiger partial charge on any atom is -0.295 e. The highest BCUT2D eigenvalue weighted by atomic mass is 19.1. The van der Waals surface area contributed by atoms with Crippen LogP contribution in [0.3, 0.4) is 0 Å². The monoisotopic (exact) mass is 243 g/mol. The van der Waals surface area contributed by atoms with E-state index in [1.165, 1.54) is 19.1 Å². The molecule has 1 aromatic rings. The minimum absolute atomic E-state index is 0.00203. The summed E-state index contributed by atoms with van der Waals surface area (Å²) in [6.45, 7) is 7.18. The maximum atomic E-state index is 13.4. The van der Waals surface area contributed by atoms with Crippen LogP contribution in [0, 0.1) is 17.1 Å². The minimum atomic E-state index is -0.578. The van der Waals surface area contributed by atoms with E-state index < -0.39 is 5.82 Å². The second-order valence-corrected chi connectivity index (χ2v) is 3.91. The molecule has 0 saturated heterocycles. The predicted octanol–water partition coefficient (Wildman–Crippen LogP) is 3.64. The molecule has 1 aromatic carbocycles. The molecule has 0 bridgehead atoms. The number of hydrogen-bond acceptors (Lipinski definition) is 2. The van der Waals surface area contributed by atoms with Gasteiger partial charge in [-0.25, -0.2) is 4.39 Å². The summed E-state index contributed by atoms with van der Waals surface area (Å²) in [5, 5.41) is 8.64. The molecule has 0 atom stereocenters. The Morgan fingerprint density at radius 2 is 2.22 bits per heavy atom. The van der Waals surface area contributed by atoms with Crippen molar-refractivity contribution in [1.29, 1.82) is 5.26 Å². The van der Waals surface area contributed by atoms with Gasteiger partial charge in [0.1, 0.15) is 11.9 Å². The Morgan fingerprint density at radius 3 is 2.67 bits per heavy atom. The predicted molar refractivity (Wildman–Crippen MR) is 69.2 cm³/mol. The van der Waals surface area contributed by atoms with Crippen LogP contribution in [0.2, 0.25) is 0 Å². The first kappa shape index (κ1) is 13.9. The molecule has 1 rings (SSSR count). The van der Waals surface area contributed by atoms with Crippen LogP contribution in [0.1, 0.15) is 31.4 Å². The average molecular weight is 243 g/mol. The molecular weight excluding hydrogens is 229 g/mol. The van der Waals surface area contributed by atoms with Gasteiger partial charge in [-0.3, -0.25) is 4.79 Å². The highest BCUT2D eigenvalue weighted by Gasteiger charge is 2.06. The van der Waals surface area contributed by atoms with Crippen molar-refractivity contribution in [2.75, 3.05) is 0 Å². The first-order valence-electron chi connectivity index (χ1n) is 5.60. The van der Waals surface area contributed by atoms with Crippen molar-refractivity contribution in [1.82, 2.24) is 0 Å². The maximum Gasteiger partial charge on any atom is 0.155 e.